The maximum absolute atomic E-state index is 11.7. The Bertz CT molecular complexity index is 726. The third-order valence-electron chi connectivity index (χ3n) is 2.44. The van der Waals surface area contributed by atoms with Gasteiger partial charge in [0.15, 0.2) is 0 Å². The molecule has 0 unspecified atom stereocenters. The first-order valence-electron chi connectivity index (χ1n) is 5.00. The quantitative estimate of drug-likeness (QED) is 0.330. The zero-order valence-corrected chi connectivity index (χ0v) is 12.8. The fraction of sp³-hybridized carbons (Fsp3) is 0.0909. The van der Waals surface area contributed by atoms with Crippen LogP contribution in [0.4, 0.5) is 5.69 Å². The molecule has 1 aromatic heterocycles. The van der Waals surface area contributed by atoms with E-state index in [-0.39, 0.29) is 11.3 Å². The van der Waals surface area contributed by atoms with Crippen molar-refractivity contribution in [2.75, 3.05) is 7.11 Å². The Balaban J connectivity index is 2.96. The smallest absolute Gasteiger partial charge is 0.339 e. The molecular weight excluding hydrogens is 380 g/mol. The number of esters is 1. The molecule has 6 nitrogen and oxygen atoms in total. The van der Waals surface area contributed by atoms with Gasteiger partial charge in [-0.3, -0.25) is 4.98 Å². The van der Waals surface area contributed by atoms with E-state index in [1.807, 2.05) is 0 Å². The number of carbonyl (C=O) groups excluding carboxylic acids is 1. The number of azide groups is 1. The Morgan fingerprint density at radius 1 is 1.42 bits per heavy atom. The minimum Gasteiger partial charge on any atom is -0.465 e. The first-order chi connectivity index (χ1) is 9.10. The van der Waals surface area contributed by atoms with Crippen molar-refractivity contribution in [3.8, 4) is 0 Å². The van der Waals surface area contributed by atoms with E-state index in [1.54, 1.807) is 12.1 Å². The molecular formula is C11H6Br2N4O2. The Morgan fingerprint density at radius 3 is 2.74 bits per heavy atom. The first-order valence-corrected chi connectivity index (χ1v) is 6.59. The summed E-state index contributed by atoms with van der Waals surface area (Å²) in [6.45, 7) is 0. The summed E-state index contributed by atoms with van der Waals surface area (Å²) in [4.78, 5) is 18.6. The van der Waals surface area contributed by atoms with Crippen molar-refractivity contribution < 1.29 is 9.53 Å². The van der Waals surface area contributed by atoms with Crippen LogP contribution in [0.3, 0.4) is 0 Å². The summed E-state index contributed by atoms with van der Waals surface area (Å²) in [7, 11) is 1.25. The second kappa shape index (κ2) is 5.56. The molecule has 0 aliphatic carbocycles. The average molecular weight is 386 g/mol. The lowest BCUT2D eigenvalue weighted by Crippen LogP contribution is -2.03. The lowest BCUT2D eigenvalue weighted by Gasteiger charge is -2.09. The summed E-state index contributed by atoms with van der Waals surface area (Å²) >= 11 is 6.72. The summed E-state index contributed by atoms with van der Waals surface area (Å²) < 4.78 is 6.06. The monoisotopic (exact) mass is 384 g/mol. The first kappa shape index (κ1) is 13.8. The highest BCUT2D eigenvalue weighted by Gasteiger charge is 2.17. The number of fused-ring (bicyclic) bond motifs is 1. The highest BCUT2D eigenvalue weighted by atomic mass is 79.9. The van der Waals surface area contributed by atoms with Gasteiger partial charge >= 0.3 is 5.97 Å². The van der Waals surface area contributed by atoms with Crippen molar-refractivity contribution >= 4 is 54.4 Å². The normalized spacial score (nSPS) is 10.1. The number of pyridine rings is 1. The van der Waals surface area contributed by atoms with E-state index in [2.05, 4.69) is 51.6 Å². The van der Waals surface area contributed by atoms with E-state index in [0.29, 0.717) is 15.4 Å². The minimum absolute atomic E-state index is 0.117. The highest BCUT2D eigenvalue weighted by Crippen LogP contribution is 2.37. The van der Waals surface area contributed by atoms with Gasteiger partial charge in [0, 0.05) is 25.4 Å². The van der Waals surface area contributed by atoms with Crippen molar-refractivity contribution in [2.24, 2.45) is 5.11 Å². The van der Waals surface area contributed by atoms with Crippen molar-refractivity contribution in [2.45, 2.75) is 0 Å². The Hall–Kier alpha value is -1.63. The fourth-order valence-electron chi connectivity index (χ4n) is 1.63. The maximum atomic E-state index is 11.7. The average Bonchev–Trinajstić information content (AvgIpc) is 2.42. The molecule has 1 aromatic carbocycles. The van der Waals surface area contributed by atoms with Gasteiger partial charge in [0.2, 0.25) is 0 Å². The second-order valence-electron chi connectivity index (χ2n) is 3.45. The van der Waals surface area contributed by atoms with E-state index >= 15 is 0 Å². The number of carbonyl (C=O) groups is 1. The number of hydrogen-bond acceptors (Lipinski definition) is 4. The van der Waals surface area contributed by atoms with Gasteiger partial charge in [-0.15, -0.1) is 0 Å². The molecule has 2 rings (SSSR count). The van der Waals surface area contributed by atoms with Crippen LogP contribution in [0.15, 0.2) is 32.4 Å². The van der Waals surface area contributed by atoms with Crippen LogP contribution in [0.1, 0.15) is 10.4 Å². The number of ether oxygens (including phenoxy) is 1. The molecule has 0 spiro atoms. The van der Waals surface area contributed by atoms with Gasteiger partial charge in [-0.25, -0.2) is 4.79 Å². The molecule has 0 aliphatic rings. The van der Waals surface area contributed by atoms with Crippen LogP contribution in [-0.2, 0) is 4.74 Å². The van der Waals surface area contributed by atoms with Gasteiger partial charge in [0.1, 0.15) is 0 Å². The Kier molecular flexibility index (Phi) is 4.04. The van der Waals surface area contributed by atoms with Gasteiger partial charge in [0.25, 0.3) is 0 Å². The zero-order valence-electron chi connectivity index (χ0n) is 9.59. The fourth-order valence-corrected chi connectivity index (χ4v) is 2.57. The third-order valence-corrected chi connectivity index (χ3v) is 3.74. The predicted octanol–water partition coefficient (Wildman–Crippen LogP) is 4.49. The van der Waals surface area contributed by atoms with E-state index in [0.717, 1.165) is 4.47 Å². The molecule has 96 valence electrons. The van der Waals surface area contributed by atoms with Gasteiger partial charge in [-0.1, -0.05) is 21.0 Å². The summed E-state index contributed by atoms with van der Waals surface area (Å²) in [5.74, 6) is -0.608. The number of methoxy groups -OCH3 is 1. The number of aromatic nitrogens is 1. The van der Waals surface area contributed by atoms with Crippen LogP contribution in [0, 0.1) is 0 Å². The SMILES string of the molecule is COC(=O)c1cnc2c(Br)ccc(Br)c2c1N=[N+]=[N-]. The van der Waals surface area contributed by atoms with Gasteiger partial charge < -0.3 is 4.74 Å². The van der Waals surface area contributed by atoms with Gasteiger partial charge in [-0.05, 0) is 33.6 Å². The number of rotatable bonds is 2. The third kappa shape index (κ3) is 2.42. The van der Waals surface area contributed by atoms with Crippen LogP contribution < -0.4 is 0 Å². The molecule has 0 atom stereocenters. The second-order valence-corrected chi connectivity index (χ2v) is 5.16. The maximum Gasteiger partial charge on any atom is 0.339 e. The molecule has 0 fully saturated rings. The van der Waals surface area contributed by atoms with Crippen LogP contribution in [-0.4, -0.2) is 18.1 Å². The van der Waals surface area contributed by atoms with E-state index < -0.39 is 5.97 Å². The number of benzene rings is 1. The lowest BCUT2D eigenvalue weighted by molar-refractivity contribution is 0.0601. The molecule has 19 heavy (non-hydrogen) atoms. The van der Waals surface area contributed by atoms with Crippen LogP contribution in [0.25, 0.3) is 21.3 Å². The van der Waals surface area contributed by atoms with Crippen LogP contribution >= 0.6 is 31.9 Å². The van der Waals surface area contributed by atoms with E-state index in [1.165, 1.54) is 13.3 Å². The summed E-state index contributed by atoms with van der Waals surface area (Å²) in [5.41, 5.74) is 9.57. The number of nitrogens with zero attached hydrogens (tertiary/aromatic N) is 4. The molecule has 1 heterocycles. The highest BCUT2D eigenvalue weighted by molar-refractivity contribution is 9.11. The zero-order chi connectivity index (χ0) is 14.0. The van der Waals surface area contributed by atoms with Crippen molar-refractivity contribution in [3.05, 3.63) is 43.3 Å². The molecule has 0 radical (unpaired) electrons. The van der Waals surface area contributed by atoms with Crippen LogP contribution in [0.5, 0.6) is 0 Å². The Labute approximate surface area is 124 Å². The van der Waals surface area contributed by atoms with Crippen LogP contribution in [0.2, 0.25) is 0 Å². The van der Waals surface area contributed by atoms with Gasteiger partial charge in [-0.2, -0.15) is 0 Å². The Morgan fingerprint density at radius 2 is 2.11 bits per heavy atom. The van der Waals surface area contributed by atoms with E-state index in [9.17, 15) is 4.79 Å². The molecule has 0 amide bonds. The molecule has 0 N–H and O–H groups in total. The molecule has 0 saturated heterocycles. The topological polar surface area (TPSA) is 88.0 Å². The minimum atomic E-state index is -0.608. The molecule has 0 bridgehead atoms. The van der Waals surface area contributed by atoms with Crippen molar-refractivity contribution in [1.29, 1.82) is 0 Å². The number of hydrogen-bond donors (Lipinski definition) is 0. The standard InChI is InChI=1S/C11H6Br2N4O2/c1-19-11(18)5-4-15-10-7(13)3-2-6(12)8(10)9(5)16-17-14/h2-4H,1H3. The molecule has 0 saturated carbocycles. The van der Waals surface area contributed by atoms with Crippen molar-refractivity contribution in [3.63, 3.8) is 0 Å². The summed E-state index contributed by atoms with van der Waals surface area (Å²) in [5, 5.41) is 4.15. The lowest BCUT2D eigenvalue weighted by atomic mass is 10.1. The van der Waals surface area contributed by atoms with E-state index in [4.69, 9.17) is 5.53 Å². The summed E-state index contributed by atoms with van der Waals surface area (Å²) in [6, 6.07) is 3.57. The summed E-state index contributed by atoms with van der Waals surface area (Å²) in [6.07, 6.45) is 1.33. The van der Waals surface area contributed by atoms with Crippen molar-refractivity contribution in [1.82, 2.24) is 4.98 Å². The van der Waals surface area contributed by atoms with Gasteiger partial charge in [0.05, 0.1) is 23.9 Å². The largest absolute Gasteiger partial charge is 0.465 e. The molecule has 2 aromatic rings. The molecule has 8 heteroatoms. The predicted molar refractivity (Wildman–Crippen MR) is 77.3 cm³/mol. The number of halogens is 2. The molecule has 0 aliphatic heterocycles.